The Morgan fingerprint density at radius 3 is 2.54 bits per heavy atom. The van der Waals surface area contributed by atoms with Crippen LogP contribution < -0.4 is 5.32 Å². The number of hydrogen-bond donors (Lipinski definition) is 1. The van der Waals surface area contributed by atoms with Crippen molar-refractivity contribution in [3.05, 3.63) is 82.2 Å². The van der Waals surface area contributed by atoms with E-state index in [1.54, 1.807) is 31.3 Å². The molecule has 1 aromatic heterocycles. The standard InChI is InChI=1S/C18H15N5O3/c1-22-17(18(24)21-14-5-3-2-4-6-14)16(12-20-22)19-11-13-7-9-15(10-8-13)23(25)26/h2-12H,1H3,(H,21,24). The zero-order valence-electron chi connectivity index (χ0n) is 13.9. The van der Waals surface area contributed by atoms with E-state index < -0.39 is 4.92 Å². The molecule has 0 aliphatic heterocycles. The summed E-state index contributed by atoms with van der Waals surface area (Å²) in [5, 5.41) is 17.6. The average molecular weight is 349 g/mol. The van der Waals surface area contributed by atoms with Gasteiger partial charge < -0.3 is 5.32 Å². The first-order chi connectivity index (χ1) is 12.5. The third-order valence-electron chi connectivity index (χ3n) is 3.62. The van der Waals surface area contributed by atoms with Crippen LogP contribution in [0.5, 0.6) is 0 Å². The number of amides is 1. The first-order valence-corrected chi connectivity index (χ1v) is 7.71. The largest absolute Gasteiger partial charge is 0.321 e. The van der Waals surface area contributed by atoms with Crippen LogP contribution >= 0.6 is 0 Å². The molecule has 0 saturated heterocycles. The van der Waals surface area contributed by atoms with Crippen LogP contribution in [0.15, 0.2) is 65.8 Å². The van der Waals surface area contributed by atoms with Crippen LogP contribution in [0, 0.1) is 10.1 Å². The van der Waals surface area contributed by atoms with Gasteiger partial charge in [0.1, 0.15) is 5.69 Å². The Morgan fingerprint density at radius 2 is 1.88 bits per heavy atom. The second-order valence-electron chi connectivity index (χ2n) is 5.43. The van der Waals surface area contributed by atoms with Crippen molar-refractivity contribution in [2.24, 2.45) is 12.0 Å². The van der Waals surface area contributed by atoms with Crippen LogP contribution in [-0.4, -0.2) is 26.8 Å². The third-order valence-corrected chi connectivity index (χ3v) is 3.62. The normalized spacial score (nSPS) is 10.8. The van der Waals surface area contributed by atoms with E-state index in [9.17, 15) is 14.9 Å². The van der Waals surface area contributed by atoms with Crippen LogP contribution in [0.4, 0.5) is 17.1 Å². The number of benzene rings is 2. The molecule has 0 atom stereocenters. The summed E-state index contributed by atoms with van der Waals surface area (Å²) >= 11 is 0. The Bertz CT molecular complexity index is 962. The number of nitrogens with zero attached hydrogens (tertiary/aromatic N) is 4. The van der Waals surface area contributed by atoms with E-state index in [1.165, 1.54) is 29.2 Å². The molecule has 1 N–H and O–H groups in total. The molecule has 26 heavy (non-hydrogen) atoms. The van der Waals surface area contributed by atoms with Gasteiger partial charge in [0.15, 0.2) is 5.69 Å². The summed E-state index contributed by atoms with van der Waals surface area (Å²) < 4.78 is 1.45. The van der Waals surface area contributed by atoms with Crippen molar-refractivity contribution in [2.45, 2.75) is 0 Å². The Morgan fingerprint density at radius 1 is 1.19 bits per heavy atom. The summed E-state index contributed by atoms with van der Waals surface area (Å²) in [7, 11) is 1.66. The number of aromatic nitrogens is 2. The number of rotatable bonds is 5. The highest BCUT2D eigenvalue weighted by Gasteiger charge is 2.16. The summed E-state index contributed by atoms with van der Waals surface area (Å²) in [4.78, 5) is 27.0. The molecular formula is C18H15N5O3. The lowest BCUT2D eigenvalue weighted by atomic mass is 10.2. The van der Waals surface area contributed by atoms with Gasteiger partial charge in [-0.05, 0) is 29.8 Å². The SMILES string of the molecule is Cn1ncc(N=Cc2ccc([N+](=O)[O-])cc2)c1C(=O)Nc1ccccc1. The maximum Gasteiger partial charge on any atom is 0.276 e. The van der Waals surface area contributed by atoms with Gasteiger partial charge in [0, 0.05) is 31.1 Å². The number of non-ortho nitro benzene ring substituents is 1. The number of carbonyl (C=O) groups is 1. The molecule has 8 heteroatoms. The lowest BCUT2D eigenvalue weighted by Gasteiger charge is -2.06. The van der Waals surface area contributed by atoms with Crippen molar-refractivity contribution in [3.63, 3.8) is 0 Å². The Hall–Kier alpha value is -3.81. The van der Waals surface area contributed by atoms with Gasteiger partial charge in [0.05, 0.1) is 11.1 Å². The zero-order chi connectivity index (χ0) is 18.5. The number of nitrogens with one attached hydrogen (secondary N) is 1. The highest BCUT2D eigenvalue weighted by molar-refractivity contribution is 6.06. The van der Waals surface area contributed by atoms with Crippen LogP contribution in [0.3, 0.4) is 0 Å². The third kappa shape index (κ3) is 3.81. The molecule has 8 nitrogen and oxygen atoms in total. The maximum atomic E-state index is 12.5. The number of hydrogen-bond acceptors (Lipinski definition) is 5. The highest BCUT2D eigenvalue weighted by atomic mass is 16.6. The molecule has 3 rings (SSSR count). The zero-order valence-corrected chi connectivity index (χ0v) is 13.9. The van der Waals surface area contributed by atoms with Gasteiger partial charge in [-0.25, -0.2) is 0 Å². The van der Waals surface area contributed by atoms with Gasteiger partial charge >= 0.3 is 0 Å². The number of carbonyl (C=O) groups excluding carboxylic acids is 1. The summed E-state index contributed by atoms with van der Waals surface area (Å²) in [6.07, 6.45) is 3.02. The van der Waals surface area contributed by atoms with Crippen molar-refractivity contribution in [1.29, 1.82) is 0 Å². The van der Waals surface area contributed by atoms with E-state index in [4.69, 9.17) is 0 Å². The van der Waals surface area contributed by atoms with E-state index in [2.05, 4.69) is 15.4 Å². The molecule has 0 fully saturated rings. The van der Waals surface area contributed by atoms with Gasteiger partial charge in [-0.3, -0.25) is 24.6 Å². The summed E-state index contributed by atoms with van der Waals surface area (Å²) in [6, 6.07) is 15.0. The number of aryl methyl sites for hydroxylation is 1. The fourth-order valence-corrected chi connectivity index (χ4v) is 2.32. The number of anilines is 1. The highest BCUT2D eigenvalue weighted by Crippen LogP contribution is 2.20. The van der Waals surface area contributed by atoms with Gasteiger partial charge in [-0.15, -0.1) is 0 Å². The van der Waals surface area contributed by atoms with Crippen molar-refractivity contribution in [3.8, 4) is 0 Å². The quantitative estimate of drug-likeness (QED) is 0.433. The molecule has 0 spiro atoms. The van der Waals surface area contributed by atoms with E-state index in [-0.39, 0.29) is 11.6 Å². The fraction of sp³-hybridized carbons (Fsp3) is 0.0556. The van der Waals surface area contributed by atoms with Crippen LogP contribution in [0.1, 0.15) is 16.1 Å². The molecule has 0 aliphatic carbocycles. The molecule has 0 unspecified atom stereocenters. The Labute approximate surface area is 149 Å². The molecule has 1 amide bonds. The number of nitro groups is 1. The lowest BCUT2D eigenvalue weighted by Crippen LogP contribution is -2.16. The van der Waals surface area contributed by atoms with Crippen molar-refractivity contribution in [1.82, 2.24) is 9.78 Å². The van der Waals surface area contributed by atoms with Crippen molar-refractivity contribution < 1.29 is 9.72 Å². The van der Waals surface area contributed by atoms with Crippen LogP contribution in [0.25, 0.3) is 0 Å². The van der Waals surface area contributed by atoms with Gasteiger partial charge in [-0.1, -0.05) is 18.2 Å². The first kappa shape index (κ1) is 17.0. The van der Waals surface area contributed by atoms with E-state index in [0.717, 1.165) is 0 Å². The van der Waals surface area contributed by atoms with Gasteiger partial charge in [-0.2, -0.15) is 5.10 Å². The number of nitro benzene ring substituents is 1. The van der Waals surface area contributed by atoms with E-state index >= 15 is 0 Å². The number of para-hydroxylation sites is 1. The van der Waals surface area contributed by atoms with Crippen molar-refractivity contribution >= 4 is 29.2 Å². The van der Waals surface area contributed by atoms with Crippen LogP contribution in [-0.2, 0) is 7.05 Å². The predicted molar refractivity (Wildman–Crippen MR) is 98.0 cm³/mol. The van der Waals surface area contributed by atoms with E-state index in [1.807, 2.05) is 18.2 Å². The second kappa shape index (κ2) is 7.39. The van der Waals surface area contributed by atoms with Gasteiger partial charge in [0.2, 0.25) is 0 Å². The molecule has 1 heterocycles. The second-order valence-corrected chi connectivity index (χ2v) is 5.43. The Kier molecular flexibility index (Phi) is 4.84. The van der Waals surface area contributed by atoms with Crippen LogP contribution in [0.2, 0.25) is 0 Å². The fourth-order valence-electron chi connectivity index (χ4n) is 2.32. The topological polar surface area (TPSA) is 102 Å². The average Bonchev–Trinajstić information content (AvgIpc) is 3.02. The minimum atomic E-state index is -0.464. The lowest BCUT2D eigenvalue weighted by molar-refractivity contribution is -0.384. The summed E-state index contributed by atoms with van der Waals surface area (Å²) in [5.41, 5.74) is 2.07. The van der Waals surface area contributed by atoms with E-state index in [0.29, 0.717) is 22.6 Å². The number of aliphatic imine (C=N–C) groups is 1. The molecular weight excluding hydrogens is 334 g/mol. The maximum absolute atomic E-state index is 12.5. The van der Waals surface area contributed by atoms with Gasteiger partial charge in [0.25, 0.3) is 11.6 Å². The molecule has 3 aromatic rings. The summed E-state index contributed by atoms with van der Waals surface area (Å²) in [5.74, 6) is -0.327. The molecule has 0 saturated carbocycles. The molecule has 130 valence electrons. The molecule has 0 aliphatic rings. The molecule has 2 aromatic carbocycles. The smallest absolute Gasteiger partial charge is 0.276 e. The molecule has 0 radical (unpaired) electrons. The predicted octanol–water partition coefficient (Wildman–Crippen LogP) is 3.33. The first-order valence-electron chi connectivity index (χ1n) is 7.71. The van der Waals surface area contributed by atoms with Crippen molar-refractivity contribution in [2.75, 3.05) is 5.32 Å². The minimum absolute atomic E-state index is 0.00598. The minimum Gasteiger partial charge on any atom is -0.321 e. The molecule has 0 bridgehead atoms. The Balaban J connectivity index is 1.81. The summed E-state index contributed by atoms with van der Waals surface area (Å²) in [6.45, 7) is 0. The monoisotopic (exact) mass is 349 g/mol.